The van der Waals surface area contributed by atoms with Crippen LogP contribution in [0, 0.1) is 0 Å². The highest BCUT2D eigenvalue weighted by Crippen LogP contribution is 2.26. The van der Waals surface area contributed by atoms with Crippen molar-refractivity contribution in [3.8, 4) is 0 Å². The van der Waals surface area contributed by atoms with E-state index in [4.69, 9.17) is 4.74 Å². The van der Waals surface area contributed by atoms with E-state index in [1.165, 1.54) is 4.88 Å². The molecule has 1 aromatic carbocycles. The number of amides is 2. The van der Waals surface area contributed by atoms with Crippen LogP contribution in [0.25, 0.3) is 0 Å². The minimum absolute atomic E-state index is 0.0315. The monoisotopic (exact) mass is 385 g/mol. The molecular formula is C20H23N3O3S. The van der Waals surface area contributed by atoms with E-state index >= 15 is 0 Å². The summed E-state index contributed by atoms with van der Waals surface area (Å²) in [6.45, 7) is 3.76. The standard InChI is InChI=1S/C20H23N3O3S/c24-19-6-4-14-12-15(3-5-16(14)22-19)20(25)21-13-17(18-2-1-11-27-18)23-7-9-26-10-8-23/h1-3,5,11-12,17H,4,6-10,13H2,(H,21,25)(H,22,24)/t17-/m1/s1. The molecule has 2 aromatic rings. The number of aryl methyl sites for hydroxylation is 1. The molecule has 2 amide bonds. The summed E-state index contributed by atoms with van der Waals surface area (Å²) in [4.78, 5) is 27.8. The summed E-state index contributed by atoms with van der Waals surface area (Å²) < 4.78 is 5.47. The van der Waals surface area contributed by atoms with Crippen LogP contribution in [0.2, 0.25) is 0 Å². The fourth-order valence-corrected chi connectivity index (χ4v) is 4.46. The quantitative estimate of drug-likeness (QED) is 0.829. The van der Waals surface area contributed by atoms with Crippen LogP contribution >= 0.6 is 11.3 Å². The Morgan fingerprint density at radius 1 is 1.26 bits per heavy atom. The molecule has 0 unspecified atom stereocenters. The molecule has 27 heavy (non-hydrogen) atoms. The molecule has 7 heteroatoms. The minimum Gasteiger partial charge on any atom is -0.379 e. The number of benzene rings is 1. The maximum Gasteiger partial charge on any atom is 0.251 e. The van der Waals surface area contributed by atoms with Gasteiger partial charge >= 0.3 is 0 Å². The fourth-order valence-electron chi connectivity index (χ4n) is 3.60. The number of hydrogen-bond acceptors (Lipinski definition) is 5. The third kappa shape index (κ3) is 4.21. The van der Waals surface area contributed by atoms with Crippen LogP contribution in [0.4, 0.5) is 5.69 Å². The van der Waals surface area contributed by atoms with Crippen LogP contribution in [0.15, 0.2) is 35.7 Å². The van der Waals surface area contributed by atoms with Crippen LogP contribution in [-0.2, 0) is 16.0 Å². The first-order valence-electron chi connectivity index (χ1n) is 9.27. The maximum absolute atomic E-state index is 12.7. The maximum atomic E-state index is 12.7. The Morgan fingerprint density at radius 3 is 2.89 bits per heavy atom. The SMILES string of the molecule is O=C1CCc2cc(C(=O)NC[C@H](c3cccs3)N3CCOCC3)ccc2N1. The van der Waals surface area contributed by atoms with Gasteiger partial charge in [-0.3, -0.25) is 14.5 Å². The van der Waals surface area contributed by atoms with Crippen LogP contribution in [0.1, 0.15) is 33.3 Å². The number of carbonyl (C=O) groups is 2. The summed E-state index contributed by atoms with van der Waals surface area (Å²) >= 11 is 1.72. The minimum atomic E-state index is -0.0792. The molecule has 1 atom stereocenters. The van der Waals surface area contributed by atoms with Gasteiger partial charge in [-0.2, -0.15) is 0 Å². The van der Waals surface area contributed by atoms with Crippen molar-refractivity contribution in [2.45, 2.75) is 18.9 Å². The molecule has 142 valence electrons. The zero-order valence-electron chi connectivity index (χ0n) is 15.1. The molecule has 2 aliphatic heterocycles. The summed E-state index contributed by atoms with van der Waals surface area (Å²) in [5.41, 5.74) is 2.47. The van der Waals surface area contributed by atoms with Crippen molar-refractivity contribution in [3.63, 3.8) is 0 Å². The normalized spacial score (nSPS) is 18.4. The van der Waals surface area contributed by atoms with E-state index in [-0.39, 0.29) is 17.9 Å². The Balaban J connectivity index is 1.44. The molecule has 0 spiro atoms. The van der Waals surface area contributed by atoms with Gasteiger partial charge < -0.3 is 15.4 Å². The average molecular weight is 385 g/mol. The molecule has 6 nitrogen and oxygen atoms in total. The predicted octanol–water partition coefficient (Wildman–Crippen LogP) is 2.44. The molecule has 0 aliphatic carbocycles. The Hall–Kier alpha value is -2.22. The summed E-state index contributed by atoms with van der Waals surface area (Å²) in [6.07, 6.45) is 1.14. The first-order valence-corrected chi connectivity index (χ1v) is 10.1. The third-order valence-electron chi connectivity index (χ3n) is 5.08. The van der Waals surface area contributed by atoms with Crippen molar-refractivity contribution in [3.05, 3.63) is 51.7 Å². The first-order chi connectivity index (χ1) is 13.2. The van der Waals surface area contributed by atoms with E-state index in [1.807, 2.05) is 18.2 Å². The number of anilines is 1. The lowest BCUT2D eigenvalue weighted by atomic mass is 10.00. The average Bonchev–Trinajstić information content (AvgIpc) is 3.23. The van der Waals surface area contributed by atoms with Gasteiger partial charge in [0, 0.05) is 42.2 Å². The molecule has 2 aliphatic rings. The zero-order valence-corrected chi connectivity index (χ0v) is 15.9. The van der Waals surface area contributed by atoms with Gasteiger partial charge in [-0.15, -0.1) is 11.3 Å². The number of morpholine rings is 1. The van der Waals surface area contributed by atoms with Gasteiger partial charge in [-0.1, -0.05) is 6.07 Å². The molecule has 3 heterocycles. The van der Waals surface area contributed by atoms with Crippen molar-refractivity contribution >= 4 is 28.8 Å². The first kappa shape index (κ1) is 18.2. The molecule has 4 rings (SSSR count). The smallest absolute Gasteiger partial charge is 0.251 e. The van der Waals surface area contributed by atoms with E-state index in [0.29, 0.717) is 24.9 Å². The van der Waals surface area contributed by atoms with E-state index in [2.05, 4.69) is 27.0 Å². The molecule has 0 bridgehead atoms. The summed E-state index contributed by atoms with van der Waals surface area (Å²) in [5.74, 6) is -0.0477. The summed E-state index contributed by atoms with van der Waals surface area (Å²) in [5, 5.41) is 8.02. The third-order valence-corrected chi connectivity index (χ3v) is 6.05. The lowest BCUT2D eigenvalue weighted by molar-refractivity contribution is -0.116. The van der Waals surface area contributed by atoms with E-state index in [0.717, 1.165) is 37.6 Å². The Labute approximate surface area is 162 Å². The van der Waals surface area contributed by atoms with Crippen molar-refractivity contribution in [1.29, 1.82) is 0 Å². The highest BCUT2D eigenvalue weighted by molar-refractivity contribution is 7.10. The second-order valence-corrected chi connectivity index (χ2v) is 7.79. The Morgan fingerprint density at radius 2 is 2.11 bits per heavy atom. The van der Waals surface area contributed by atoms with Crippen LogP contribution in [-0.4, -0.2) is 49.6 Å². The number of fused-ring (bicyclic) bond motifs is 1. The number of hydrogen-bond donors (Lipinski definition) is 2. The molecule has 0 radical (unpaired) electrons. The van der Waals surface area contributed by atoms with Gasteiger partial charge in [0.1, 0.15) is 0 Å². The number of carbonyl (C=O) groups excluding carboxylic acids is 2. The van der Waals surface area contributed by atoms with Gasteiger partial charge in [-0.25, -0.2) is 0 Å². The Kier molecular flexibility index (Phi) is 5.52. The summed E-state index contributed by atoms with van der Waals surface area (Å²) in [7, 11) is 0. The number of thiophene rings is 1. The molecule has 1 fully saturated rings. The Bertz CT molecular complexity index is 816. The second kappa shape index (κ2) is 8.21. The lowest BCUT2D eigenvalue weighted by Crippen LogP contribution is -2.43. The van der Waals surface area contributed by atoms with Crippen LogP contribution in [0.5, 0.6) is 0 Å². The molecule has 2 N–H and O–H groups in total. The topological polar surface area (TPSA) is 70.7 Å². The van der Waals surface area contributed by atoms with E-state index in [9.17, 15) is 9.59 Å². The van der Waals surface area contributed by atoms with Crippen molar-refractivity contribution < 1.29 is 14.3 Å². The predicted molar refractivity (Wildman–Crippen MR) is 105 cm³/mol. The van der Waals surface area contributed by atoms with Gasteiger partial charge in [-0.05, 0) is 41.6 Å². The highest BCUT2D eigenvalue weighted by Gasteiger charge is 2.24. The highest BCUT2D eigenvalue weighted by atomic mass is 32.1. The van der Waals surface area contributed by atoms with Gasteiger partial charge in [0.25, 0.3) is 5.91 Å². The van der Waals surface area contributed by atoms with Crippen molar-refractivity contribution in [2.24, 2.45) is 0 Å². The lowest BCUT2D eigenvalue weighted by Gasteiger charge is -2.34. The zero-order chi connectivity index (χ0) is 18.6. The summed E-state index contributed by atoms with van der Waals surface area (Å²) in [6, 6.07) is 9.81. The van der Waals surface area contributed by atoms with Gasteiger partial charge in [0.05, 0.1) is 19.3 Å². The molecule has 0 saturated carbocycles. The van der Waals surface area contributed by atoms with Gasteiger partial charge in [0.15, 0.2) is 0 Å². The van der Waals surface area contributed by atoms with E-state index < -0.39 is 0 Å². The molecular weight excluding hydrogens is 362 g/mol. The molecule has 1 saturated heterocycles. The number of nitrogens with one attached hydrogen (secondary N) is 2. The largest absolute Gasteiger partial charge is 0.379 e. The number of ether oxygens (including phenoxy) is 1. The van der Waals surface area contributed by atoms with E-state index in [1.54, 1.807) is 17.4 Å². The second-order valence-electron chi connectivity index (χ2n) is 6.81. The van der Waals surface area contributed by atoms with Gasteiger partial charge in [0.2, 0.25) is 5.91 Å². The van der Waals surface area contributed by atoms with Crippen molar-refractivity contribution in [2.75, 3.05) is 38.2 Å². The number of nitrogens with zero attached hydrogens (tertiary/aromatic N) is 1. The molecule has 1 aromatic heterocycles. The van der Waals surface area contributed by atoms with Crippen molar-refractivity contribution in [1.82, 2.24) is 10.2 Å². The van der Waals surface area contributed by atoms with Crippen LogP contribution in [0.3, 0.4) is 0 Å². The number of rotatable bonds is 5. The van der Waals surface area contributed by atoms with Crippen LogP contribution < -0.4 is 10.6 Å². The fraction of sp³-hybridized carbons (Fsp3) is 0.400.